The van der Waals surface area contributed by atoms with Gasteiger partial charge in [-0.25, -0.2) is 28.2 Å². The Morgan fingerprint density at radius 2 is 1.88 bits per heavy atom. The van der Waals surface area contributed by atoms with Crippen LogP contribution in [0.1, 0.15) is 84.1 Å². The van der Waals surface area contributed by atoms with Gasteiger partial charge in [0, 0.05) is 49.7 Å². The number of hydrazine groups is 1. The minimum absolute atomic E-state index is 0.00107. The van der Waals surface area contributed by atoms with Gasteiger partial charge in [-0.2, -0.15) is 9.97 Å². The molecule has 4 aliphatic heterocycles. The summed E-state index contributed by atoms with van der Waals surface area (Å²) >= 11 is 0. The molecule has 12 nitrogen and oxygen atoms in total. The van der Waals surface area contributed by atoms with Crippen molar-refractivity contribution in [3.8, 4) is 35.4 Å². The van der Waals surface area contributed by atoms with E-state index in [1.807, 2.05) is 5.01 Å². The third-order valence-electron chi connectivity index (χ3n) is 11.6. The summed E-state index contributed by atoms with van der Waals surface area (Å²) in [7, 11) is 0. The fourth-order valence-corrected chi connectivity index (χ4v) is 8.90. The number of anilines is 1. The number of fused-ring (bicyclic) bond motifs is 3. The number of hydrogen-bond donors (Lipinski definition) is 1. The van der Waals surface area contributed by atoms with Crippen molar-refractivity contribution in [1.82, 2.24) is 30.2 Å². The van der Waals surface area contributed by atoms with E-state index < -0.39 is 47.1 Å². The predicted molar refractivity (Wildman–Crippen MR) is 212 cm³/mol. The second kappa shape index (κ2) is 15.9. The molecule has 1 amide bonds. The molecule has 0 spiro atoms. The number of halogens is 3. The Bertz CT molecular complexity index is 2290. The fourth-order valence-electron chi connectivity index (χ4n) is 8.90. The van der Waals surface area contributed by atoms with Crippen molar-refractivity contribution in [2.24, 2.45) is 0 Å². The highest BCUT2D eigenvalue weighted by Gasteiger charge is 2.49. The third kappa shape index (κ3) is 7.71. The number of terminal acetylenes is 1. The lowest BCUT2D eigenvalue weighted by Gasteiger charge is -2.34. The number of alkyl halides is 1. The Hall–Kier alpha value is -5.20. The highest BCUT2D eigenvalue weighted by atomic mass is 19.1. The zero-order valence-corrected chi connectivity index (χ0v) is 33.1. The largest absolute Gasteiger partial charge is 0.461 e. The molecule has 0 radical (unpaired) electrons. The third-order valence-corrected chi connectivity index (χ3v) is 11.6. The molecule has 0 aliphatic carbocycles. The first kappa shape index (κ1) is 39.6. The summed E-state index contributed by atoms with van der Waals surface area (Å²) in [5, 5.41) is 2.70. The van der Waals surface area contributed by atoms with Gasteiger partial charge in [0.1, 0.15) is 47.2 Å². The number of ether oxygens (including phenoxy) is 3. The van der Waals surface area contributed by atoms with E-state index in [-0.39, 0.29) is 52.6 Å². The summed E-state index contributed by atoms with van der Waals surface area (Å²) in [6, 6.07) is 4.63. The molecule has 1 N–H and O–H groups in total. The quantitative estimate of drug-likeness (QED) is 0.150. The van der Waals surface area contributed by atoms with Crippen molar-refractivity contribution < 1.29 is 37.0 Å². The maximum absolute atomic E-state index is 17.4. The number of esters is 1. The highest BCUT2D eigenvalue weighted by molar-refractivity contribution is 6.03. The SMILES string of the molecule is C#Cc1c(F)ccc2cc(OC(=O)N3CCCCC3C(=O)OC(C)(C)C)cc(-c3ncc4c(N5CCCCCN5)nc(OC[C@@]56CCCN5C[C@H](F)C6)nc4c3F)c12. The fraction of sp³-hybridized carbons (Fsp3) is 0.512. The molecule has 306 valence electrons. The van der Waals surface area contributed by atoms with E-state index in [0.717, 1.165) is 45.1 Å². The molecule has 8 rings (SSSR count). The van der Waals surface area contributed by atoms with E-state index in [1.165, 1.54) is 35.4 Å². The monoisotopic (exact) mass is 799 g/mol. The molecule has 2 aromatic carbocycles. The van der Waals surface area contributed by atoms with Crippen LogP contribution in [0.3, 0.4) is 0 Å². The van der Waals surface area contributed by atoms with E-state index in [0.29, 0.717) is 55.5 Å². The molecule has 4 aromatic rings. The van der Waals surface area contributed by atoms with Crippen LogP contribution >= 0.6 is 0 Å². The van der Waals surface area contributed by atoms with E-state index in [1.54, 1.807) is 20.8 Å². The number of carbonyl (C=O) groups excluding carboxylic acids is 2. The minimum atomic E-state index is -0.960. The number of nitrogens with zero attached hydrogens (tertiary/aromatic N) is 6. The lowest BCUT2D eigenvalue weighted by molar-refractivity contribution is -0.161. The first-order valence-corrected chi connectivity index (χ1v) is 20.2. The van der Waals surface area contributed by atoms with Gasteiger partial charge in [0.05, 0.1) is 16.5 Å². The average molecular weight is 800 g/mol. The second-order valence-electron chi connectivity index (χ2n) is 16.7. The van der Waals surface area contributed by atoms with Crippen molar-refractivity contribution >= 4 is 39.6 Å². The number of carbonyl (C=O) groups is 2. The van der Waals surface area contributed by atoms with Crippen molar-refractivity contribution in [1.29, 1.82) is 0 Å². The molecule has 6 heterocycles. The van der Waals surface area contributed by atoms with Crippen molar-refractivity contribution in [3.63, 3.8) is 0 Å². The van der Waals surface area contributed by atoms with Gasteiger partial charge in [-0.15, -0.1) is 6.42 Å². The molecular formula is C43H48F3N7O5. The topological polar surface area (TPSA) is 122 Å². The predicted octanol–water partition coefficient (Wildman–Crippen LogP) is 7.25. The lowest BCUT2D eigenvalue weighted by atomic mass is 9.95. The van der Waals surface area contributed by atoms with Crippen LogP contribution in [0.4, 0.5) is 23.8 Å². The van der Waals surface area contributed by atoms with Gasteiger partial charge in [0.15, 0.2) is 11.6 Å². The Balaban J connectivity index is 1.21. The Labute approximate surface area is 335 Å². The number of benzene rings is 2. The molecule has 2 aromatic heterocycles. The lowest BCUT2D eigenvalue weighted by Crippen LogP contribution is -2.50. The number of aromatic nitrogens is 3. The molecule has 4 aliphatic rings. The van der Waals surface area contributed by atoms with Gasteiger partial charge in [0.2, 0.25) is 0 Å². The number of rotatable bonds is 7. The molecule has 3 atom stereocenters. The van der Waals surface area contributed by atoms with Gasteiger partial charge < -0.3 is 14.2 Å². The molecule has 15 heteroatoms. The molecule has 4 fully saturated rings. The van der Waals surface area contributed by atoms with Crippen LogP contribution in [-0.4, -0.2) is 99.5 Å². The summed E-state index contributed by atoms with van der Waals surface area (Å²) < 4.78 is 65.2. The van der Waals surface area contributed by atoms with Crippen LogP contribution < -0.4 is 19.9 Å². The molecular weight excluding hydrogens is 752 g/mol. The number of nitrogens with one attached hydrogen (secondary N) is 1. The summed E-state index contributed by atoms with van der Waals surface area (Å²) in [6.45, 7) is 8.07. The Morgan fingerprint density at radius 1 is 1.05 bits per heavy atom. The normalized spacial score (nSPS) is 22.8. The van der Waals surface area contributed by atoms with Crippen molar-refractivity contribution in [3.05, 3.63) is 47.7 Å². The van der Waals surface area contributed by atoms with Crippen LogP contribution in [0.25, 0.3) is 32.9 Å². The molecule has 1 unspecified atom stereocenters. The first-order chi connectivity index (χ1) is 27.8. The van der Waals surface area contributed by atoms with Crippen molar-refractivity contribution in [2.75, 3.05) is 44.3 Å². The summed E-state index contributed by atoms with van der Waals surface area (Å²) in [4.78, 5) is 44.3. The number of amides is 1. The highest BCUT2D eigenvalue weighted by Crippen LogP contribution is 2.42. The standard InChI is InChI=1S/C43H48F3N7O5/c1-5-29-32(45)14-13-26-20-28(57-41(55)52-18-10-7-12-33(52)39(54)58-42(2,3)4)21-30(34(26)29)36-35(46)37-31(23-47-36)38(53-19-9-6-8-16-48-53)50-40(49-37)56-25-43-15-11-17-51(43)24-27(44)22-43/h1,13-14,20-21,23,27,33,48H,6-12,15-19,22,24-25H2,2-4H3/t27-,33?,43+/m1/s1. The van der Waals surface area contributed by atoms with Gasteiger partial charge in [-0.1, -0.05) is 18.4 Å². The number of likely N-dealkylation sites (tertiary alicyclic amines) is 1. The van der Waals surface area contributed by atoms with Gasteiger partial charge in [-0.3, -0.25) is 19.8 Å². The van der Waals surface area contributed by atoms with Gasteiger partial charge in [0.25, 0.3) is 0 Å². The van der Waals surface area contributed by atoms with E-state index in [4.69, 9.17) is 25.6 Å². The van der Waals surface area contributed by atoms with E-state index in [2.05, 4.69) is 26.2 Å². The Kier molecular flexibility index (Phi) is 10.8. The van der Waals surface area contributed by atoms with Crippen LogP contribution in [0, 0.1) is 24.0 Å². The number of piperidine rings is 1. The summed E-state index contributed by atoms with van der Waals surface area (Å²) in [5.74, 6) is 0.685. The summed E-state index contributed by atoms with van der Waals surface area (Å²) in [5.41, 5.74) is 1.73. The first-order valence-electron chi connectivity index (χ1n) is 20.2. The van der Waals surface area contributed by atoms with E-state index in [9.17, 15) is 14.0 Å². The zero-order chi connectivity index (χ0) is 40.8. The molecule has 0 bridgehead atoms. The van der Waals surface area contributed by atoms with Gasteiger partial charge in [-0.05, 0) is 95.8 Å². The molecule has 0 saturated carbocycles. The number of pyridine rings is 1. The zero-order valence-electron chi connectivity index (χ0n) is 33.1. The minimum Gasteiger partial charge on any atom is -0.461 e. The van der Waals surface area contributed by atoms with Crippen LogP contribution in [0.5, 0.6) is 11.8 Å². The van der Waals surface area contributed by atoms with Crippen LogP contribution in [0.2, 0.25) is 0 Å². The maximum Gasteiger partial charge on any atom is 0.415 e. The Morgan fingerprint density at radius 3 is 2.69 bits per heavy atom. The smallest absolute Gasteiger partial charge is 0.415 e. The average Bonchev–Trinajstić information content (AvgIpc) is 3.57. The molecule has 4 saturated heterocycles. The van der Waals surface area contributed by atoms with Crippen molar-refractivity contribution in [2.45, 2.75) is 102 Å². The number of hydrogen-bond acceptors (Lipinski definition) is 11. The van der Waals surface area contributed by atoms with Gasteiger partial charge >= 0.3 is 18.1 Å². The van der Waals surface area contributed by atoms with Crippen LogP contribution in [-0.2, 0) is 9.53 Å². The maximum atomic E-state index is 17.4. The second-order valence-corrected chi connectivity index (χ2v) is 16.7. The molecule has 58 heavy (non-hydrogen) atoms. The van der Waals surface area contributed by atoms with Crippen LogP contribution in [0.15, 0.2) is 30.5 Å². The van der Waals surface area contributed by atoms with E-state index >= 15 is 8.78 Å². The summed E-state index contributed by atoms with van der Waals surface area (Å²) in [6.07, 6.45) is 12.2.